The molecule has 2 saturated heterocycles. The normalized spacial score (nSPS) is 19.2. The third kappa shape index (κ3) is 4.89. The molecule has 1 aromatic heterocycles. The zero-order valence-corrected chi connectivity index (χ0v) is 17.9. The number of hydrogen-bond acceptors (Lipinski definition) is 3. The molecule has 2 fully saturated rings. The van der Waals surface area contributed by atoms with Crippen LogP contribution in [0.3, 0.4) is 0 Å². The first-order valence-corrected chi connectivity index (χ1v) is 11.4. The Kier molecular flexibility index (Phi) is 6.78. The number of amides is 1. The minimum Gasteiger partial charge on any atom is -0.341 e. The molecule has 2 aliphatic heterocycles. The standard InChI is InChI=1S/C25H32FN3O/c1-2-24(28-12-3-4-13-28)25(30)29-14-10-21(11-15-29)23-9-8-20(18-27-23)16-19-6-5-7-22(26)17-19/h5-9,17-18,21,24H,2-4,10-16H2,1H3/t24-/m1/s1. The molecule has 4 nitrogen and oxygen atoms in total. The van der Waals surface area contributed by atoms with Crippen LogP contribution >= 0.6 is 0 Å². The second kappa shape index (κ2) is 9.69. The van der Waals surface area contributed by atoms with Crippen molar-refractivity contribution in [2.24, 2.45) is 0 Å². The predicted molar refractivity (Wildman–Crippen MR) is 117 cm³/mol. The van der Waals surface area contributed by atoms with E-state index in [-0.39, 0.29) is 11.9 Å². The minimum absolute atomic E-state index is 0.0595. The number of carbonyl (C=O) groups is 1. The number of nitrogens with zero attached hydrogens (tertiary/aromatic N) is 3. The van der Waals surface area contributed by atoms with Gasteiger partial charge in [0.25, 0.3) is 0 Å². The summed E-state index contributed by atoms with van der Waals surface area (Å²) in [6.07, 6.45) is 7.87. The molecule has 2 aromatic rings. The average molecular weight is 410 g/mol. The average Bonchev–Trinajstić information content (AvgIpc) is 3.29. The third-order valence-electron chi connectivity index (χ3n) is 6.62. The molecule has 0 N–H and O–H groups in total. The highest BCUT2D eigenvalue weighted by molar-refractivity contribution is 5.82. The van der Waals surface area contributed by atoms with Crippen molar-refractivity contribution in [3.05, 3.63) is 65.2 Å². The quantitative estimate of drug-likeness (QED) is 0.710. The van der Waals surface area contributed by atoms with Gasteiger partial charge in [-0.1, -0.05) is 25.1 Å². The summed E-state index contributed by atoms with van der Waals surface area (Å²) in [5.74, 6) is 0.522. The Bertz CT molecular complexity index is 840. The van der Waals surface area contributed by atoms with Gasteiger partial charge in [-0.15, -0.1) is 0 Å². The molecule has 0 saturated carbocycles. The van der Waals surface area contributed by atoms with Crippen LogP contribution in [-0.4, -0.2) is 52.9 Å². The van der Waals surface area contributed by atoms with E-state index in [1.165, 1.54) is 18.9 Å². The van der Waals surface area contributed by atoms with Gasteiger partial charge in [-0.25, -0.2) is 4.39 Å². The summed E-state index contributed by atoms with van der Waals surface area (Å²) in [5.41, 5.74) is 3.16. The van der Waals surface area contributed by atoms with E-state index in [4.69, 9.17) is 4.98 Å². The third-order valence-corrected chi connectivity index (χ3v) is 6.62. The highest BCUT2D eigenvalue weighted by Gasteiger charge is 2.32. The number of hydrogen-bond donors (Lipinski definition) is 0. The van der Waals surface area contributed by atoms with Gasteiger partial charge in [0.1, 0.15) is 5.82 Å². The molecular formula is C25H32FN3O. The fourth-order valence-corrected chi connectivity index (χ4v) is 4.91. The topological polar surface area (TPSA) is 36.4 Å². The van der Waals surface area contributed by atoms with E-state index < -0.39 is 0 Å². The lowest BCUT2D eigenvalue weighted by molar-refractivity contribution is -0.137. The van der Waals surface area contributed by atoms with Crippen molar-refractivity contribution in [2.75, 3.05) is 26.2 Å². The summed E-state index contributed by atoms with van der Waals surface area (Å²) in [6, 6.07) is 11.0. The number of pyridine rings is 1. The van der Waals surface area contributed by atoms with E-state index in [9.17, 15) is 9.18 Å². The van der Waals surface area contributed by atoms with Crippen molar-refractivity contribution in [3.63, 3.8) is 0 Å². The summed E-state index contributed by atoms with van der Waals surface area (Å²) in [4.78, 5) is 22.2. The van der Waals surface area contributed by atoms with Crippen molar-refractivity contribution in [1.29, 1.82) is 0 Å². The molecule has 1 aromatic carbocycles. The van der Waals surface area contributed by atoms with Crippen LogP contribution in [0.15, 0.2) is 42.6 Å². The molecule has 1 amide bonds. The summed E-state index contributed by atoms with van der Waals surface area (Å²) in [5, 5.41) is 0. The summed E-state index contributed by atoms with van der Waals surface area (Å²) in [7, 11) is 0. The number of carbonyl (C=O) groups excluding carboxylic acids is 1. The van der Waals surface area contributed by atoms with E-state index in [0.29, 0.717) is 18.2 Å². The highest BCUT2D eigenvalue weighted by Crippen LogP contribution is 2.28. The second-order valence-corrected chi connectivity index (χ2v) is 8.66. The van der Waals surface area contributed by atoms with Gasteiger partial charge in [0.05, 0.1) is 6.04 Å². The van der Waals surface area contributed by atoms with E-state index in [1.807, 2.05) is 12.3 Å². The smallest absolute Gasteiger partial charge is 0.239 e. The molecule has 0 spiro atoms. The Morgan fingerprint density at radius 2 is 1.87 bits per heavy atom. The van der Waals surface area contributed by atoms with Gasteiger partial charge in [0, 0.05) is 30.9 Å². The van der Waals surface area contributed by atoms with Crippen molar-refractivity contribution >= 4 is 5.91 Å². The lowest BCUT2D eigenvalue weighted by Crippen LogP contribution is -2.49. The SMILES string of the molecule is CC[C@H](C(=O)N1CCC(c2ccc(Cc3cccc(F)c3)cn2)CC1)N1CCCC1. The monoisotopic (exact) mass is 409 g/mol. The Hall–Kier alpha value is -2.27. The number of benzene rings is 1. The molecule has 3 heterocycles. The zero-order valence-electron chi connectivity index (χ0n) is 17.9. The molecule has 1 atom stereocenters. The molecule has 0 unspecified atom stereocenters. The Balaban J connectivity index is 1.32. The molecular weight excluding hydrogens is 377 g/mol. The molecule has 2 aliphatic rings. The summed E-state index contributed by atoms with van der Waals surface area (Å²) >= 11 is 0. The van der Waals surface area contributed by atoms with Crippen molar-refractivity contribution in [1.82, 2.24) is 14.8 Å². The molecule has 0 radical (unpaired) electrons. The number of halogens is 1. The van der Waals surface area contributed by atoms with Crippen molar-refractivity contribution in [2.45, 2.75) is 57.4 Å². The zero-order chi connectivity index (χ0) is 20.9. The van der Waals surface area contributed by atoms with Gasteiger partial charge in [0.2, 0.25) is 5.91 Å². The van der Waals surface area contributed by atoms with Crippen LogP contribution in [0.2, 0.25) is 0 Å². The molecule has 0 aliphatic carbocycles. The fraction of sp³-hybridized carbons (Fsp3) is 0.520. The maximum Gasteiger partial charge on any atom is 0.239 e. The summed E-state index contributed by atoms with van der Waals surface area (Å²) < 4.78 is 13.4. The molecule has 0 bridgehead atoms. The van der Waals surface area contributed by atoms with E-state index >= 15 is 0 Å². The Morgan fingerprint density at radius 1 is 1.10 bits per heavy atom. The lowest BCUT2D eigenvalue weighted by Gasteiger charge is -2.36. The predicted octanol–water partition coefficient (Wildman–Crippen LogP) is 4.39. The van der Waals surface area contributed by atoms with E-state index in [1.54, 1.807) is 12.1 Å². The number of rotatable bonds is 6. The van der Waals surface area contributed by atoms with Crippen molar-refractivity contribution in [3.8, 4) is 0 Å². The second-order valence-electron chi connectivity index (χ2n) is 8.66. The van der Waals surface area contributed by atoms with Crippen molar-refractivity contribution < 1.29 is 9.18 Å². The fourth-order valence-electron chi connectivity index (χ4n) is 4.91. The molecule has 5 heteroatoms. The first kappa shape index (κ1) is 21.0. The highest BCUT2D eigenvalue weighted by atomic mass is 19.1. The maximum absolute atomic E-state index is 13.4. The molecule has 160 valence electrons. The number of likely N-dealkylation sites (tertiary alicyclic amines) is 2. The number of aromatic nitrogens is 1. The van der Waals surface area contributed by atoms with Gasteiger partial charge < -0.3 is 4.90 Å². The van der Waals surface area contributed by atoms with Crippen LogP contribution in [0.4, 0.5) is 4.39 Å². The van der Waals surface area contributed by atoms with Gasteiger partial charge in [-0.3, -0.25) is 14.7 Å². The van der Waals surface area contributed by atoms with Crippen LogP contribution in [0, 0.1) is 5.82 Å². The van der Waals surface area contributed by atoms with Crippen LogP contribution in [0.5, 0.6) is 0 Å². The molecule has 30 heavy (non-hydrogen) atoms. The van der Waals surface area contributed by atoms with Gasteiger partial charge in [-0.05, 0) is 80.9 Å². The van der Waals surface area contributed by atoms with Gasteiger partial charge in [0.15, 0.2) is 0 Å². The minimum atomic E-state index is -0.201. The Morgan fingerprint density at radius 3 is 2.50 bits per heavy atom. The largest absolute Gasteiger partial charge is 0.341 e. The summed E-state index contributed by atoms with van der Waals surface area (Å²) in [6.45, 7) is 5.89. The lowest BCUT2D eigenvalue weighted by atomic mass is 9.92. The Labute approximate surface area is 179 Å². The molecule has 4 rings (SSSR count). The van der Waals surface area contributed by atoms with Gasteiger partial charge in [-0.2, -0.15) is 0 Å². The van der Waals surface area contributed by atoms with E-state index in [2.05, 4.69) is 28.9 Å². The first-order chi connectivity index (χ1) is 14.6. The van der Waals surface area contributed by atoms with Crippen LogP contribution in [-0.2, 0) is 11.2 Å². The first-order valence-electron chi connectivity index (χ1n) is 11.4. The number of piperidine rings is 1. The van der Waals surface area contributed by atoms with Crippen LogP contribution < -0.4 is 0 Å². The van der Waals surface area contributed by atoms with Gasteiger partial charge >= 0.3 is 0 Å². The van der Waals surface area contributed by atoms with Crippen LogP contribution in [0.1, 0.15) is 61.8 Å². The van der Waals surface area contributed by atoms with E-state index in [0.717, 1.165) is 62.3 Å². The maximum atomic E-state index is 13.4. The van der Waals surface area contributed by atoms with Crippen LogP contribution in [0.25, 0.3) is 0 Å².